The average Bonchev–Trinajstić information content (AvgIpc) is 2.95. The van der Waals surface area contributed by atoms with Gasteiger partial charge in [-0.2, -0.15) is 0 Å². The van der Waals surface area contributed by atoms with Gasteiger partial charge in [-0.25, -0.2) is 9.38 Å². The second-order valence-corrected chi connectivity index (χ2v) is 6.07. The zero-order valence-electron chi connectivity index (χ0n) is 13.6. The summed E-state index contributed by atoms with van der Waals surface area (Å²) in [6, 6.07) is 11.2. The third kappa shape index (κ3) is 3.83. The third-order valence-electron chi connectivity index (χ3n) is 3.43. The molecule has 0 atom stereocenters. The zero-order chi connectivity index (χ0) is 17.8. The molecule has 25 heavy (non-hydrogen) atoms. The largest absolute Gasteiger partial charge is 0.493 e. The Labute approximate surface area is 148 Å². The van der Waals surface area contributed by atoms with E-state index in [0.29, 0.717) is 27.3 Å². The van der Waals surface area contributed by atoms with Gasteiger partial charge >= 0.3 is 0 Å². The van der Waals surface area contributed by atoms with Gasteiger partial charge in [0.2, 0.25) is 0 Å². The molecule has 0 unspecified atom stereocenters. The van der Waals surface area contributed by atoms with Gasteiger partial charge in [-0.15, -0.1) is 0 Å². The molecule has 2 aromatic carbocycles. The normalized spacial score (nSPS) is 17.0. The van der Waals surface area contributed by atoms with Gasteiger partial charge in [0.15, 0.2) is 16.7 Å². The number of carbonyl (C=O) groups is 1. The maximum Gasteiger partial charge on any atom is 0.264 e. The number of rotatable bonds is 4. The van der Waals surface area contributed by atoms with E-state index in [1.807, 2.05) is 12.1 Å². The molecule has 1 aliphatic rings. The van der Waals surface area contributed by atoms with E-state index < -0.39 is 0 Å². The number of aliphatic imine (C=N–C) groups is 1. The molecule has 0 radical (unpaired) electrons. The Kier molecular flexibility index (Phi) is 5.04. The number of nitrogens with one attached hydrogen (secondary N) is 1. The summed E-state index contributed by atoms with van der Waals surface area (Å²) in [6.07, 6.45) is 1.72. The second kappa shape index (κ2) is 7.40. The molecule has 1 fully saturated rings. The molecule has 1 heterocycles. The van der Waals surface area contributed by atoms with Crippen molar-refractivity contribution in [1.29, 1.82) is 0 Å². The Bertz CT molecular complexity index is 863. The van der Waals surface area contributed by atoms with Gasteiger partial charge in [0, 0.05) is 5.56 Å². The lowest BCUT2D eigenvalue weighted by atomic mass is 10.1. The van der Waals surface area contributed by atoms with Crippen LogP contribution in [-0.4, -0.2) is 25.3 Å². The van der Waals surface area contributed by atoms with Crippen molar-refractivity contribution in [3.63, 3.8) is 0 Å². The van der Waals surface area contributed by atoms with E-state index in [0.717, 1.165) is 5.56 Å². The minimum absolute atomic E-state index is 0.254. The predicted octanol–water partition coefficient (Wildman–Crippen LogP) is 3.73. The van der Waals surface area contributed by atoms with Crippen LogP contribution in [0.25, 0.3) is 6.08 Å². The van der Waals surface area contributed by atoms with Crippen LogP contribution in [0.1, 0.15) is 5.56 Å². The third-order valence-corrected chi connectivity index (χ3v) is 4.34. The van der Waals surface area contributed by atoms with Crippen molar-refractivity contribution in [1.82, 2.24) is 5.32 Å². The monoisotopic (exact) mass is 358 g/mol. The van der Waals surface area contributed by atoms with Crippen molar-refractivity contribution < 1.29 is 18.7 Å². The molecule has 2 aromatic rings. The van der Waals surface area contributed by atoms with E-state index >= 15 is 0 Å². The lowest BCUT2D eigenvalue weighted by Gasteiger charge is -2.10. The molecule has 0 bridgehead atoms. The molecule has 0 aliphatic carbocycles. The van der Waals surface area contributed by atoms with Crippen LogP contribution in [0.15, 0.2) is 52.4 Å². The molecule has 0 aromatic heterocycles. The van der Waals surface area contributed by atoms with E-state index in [-0.39, 0.29) is 11.7 Å². The minimum atomic E-state index is -0.335. The SMILES string of the molecule is COc1cccc(/C=C2\SC(=Nc3ccc(F)cc3)NC2=O)c1OC. The summed E-state index contributed by atoms with van der Waals surface area (Å²) < 4.78 is 23.6. The highest BCUT2D eigenvalue weighted by atomic mass is 32.2. The number of methoxy groups -OCH3 is 2. The van der Waals surface area contributed by atoms with Crippen LogP contribution in [-0.2, 0) is 4.79 Å². The first-order valence-electron chi connectivity index (χ1n) is 7.37. The van der Waals surface area contributed by atoms with Gasteiger partial charge in [0.1, 0.15) is 5.82 Å². The Morgan fingerprint density at radius 1 is 1.12 bits per heavy atom. The molecule has 0 spiro atoms. The summed E-state index contributed by atoms with van der Waals surface area (Å²) in [5.41, 5.74) is 1.28. The molecule has 1 aliphatic heterocycles. The Morgan fingerprint density at radius 2 is 1.88 bits per heavy atom. The lowest BCUT2D eigenvalue weighted by molar-refractivity contribution is -0.115. The van der Waals surface area contributed by atoms with Crippen LogP contribution < -0.4 is 14.8 Å². The number of benzene rings is 2. The highest BCUT2D eigenvalue weighted by molar-refractivity contribution is 8.18. The number of thioether (sulfide) groups is 1. The van der Waals surface area contributed by atoms with E-state index in [2.05, 4.69) is 10.3 Å². The van der Waals surface area contributed by atoms with Crippen molar-refractivity contribution in [2.75, 3.05) is 14.2 Å². The van der Waals surface area contributed by atoms with Crippen LogP contribution in [0.2, 0.25) is 0 Å². The molecule has 7 heteroatoms. The van der Waals surface area contributed by atoms with Crippen LogP contribution in [0.5, 0.6) is 11.5 Å². The van der Waals surface area contributed by atoms with Crippen LogP contribution in [0.3, 0.4) is 0 Å². The minimum Gasteiger partial charge on any atom is -0.493 e. The maximum absolute atomic E-state index is 12.9. The summed E-state index contributed by atoms with van der Waals surface area (Å²) in [7, 11) is 3.10. The van der Waals surface area contributed by atoms with Crippen molar-refractivity contribution >= 4 is 34.6 Å². The molecule has 1 N–H and O–H groups in total. The maximum atomic E-state index is 12.9. The molecule has 1 amide bonds. The van der Waals surface area contributed by atoms with Crippen LogP contribution >= 0.6 is 11.8 Å². The summed E-state index contributed by atoms with van der Waals surface area (Å²) in [5, 5.41) is 3.13. The van der Waals surface area contributed by atoms with Crippen LogP contribution in [0.4, 0.5) is 10.1 Å². The highest BCUT2D eigenvalue weighted by Gasteiger charge is 2.24. The molecule has 1 saturated heterocycles. The number of amides is 1. The Balaban J connectivity index is 1.88. The highest BCUT2D eigenvalue weighted by Crippen LogP contribution is 2.35. The van der Waals surface area contributed by atoms with E-state index in [1.54, 1.807) is 38.5 Å². The number of hydrogen-bond donors (Lipinski definition) is 1. The fraction of sp³-hybridized carbons (Fsp3) is 0.111. The quantitative estimate of drug-likeness (QED) is 0.846. The van der Waals surface area contributed by atoms with E-state index in [9.17, 15) is 9.18 Å². The van der Waals surface area contributed by atoms with E-state index in [4.69, 9.17) is 9.47 Å². The molecule has 128 valence electrons. The smallest absolute Gasteiger partial charge is 0.264 e. The van der Waals surface area contributed by atoms with E-state index in [1.165, 1.54) is 23.9 Å². The fourth-order valence-corrected chi connectivity index (χ4v) is 3.11. The van der Waals surface area contributed by atoms with Crippen molar-refractivity contribution in [3.8, 4) is 11.5 Å². The summed E-state index contributed by atoms with van der Waals surface area (Å²) in [6.45, 7) is 0. The lowest BCUT2D eigenvalue weighted by Crippen LogP contribution is -2.19. The number of para-hydroxylation sites is 1. The van der Waals surface area contributed by atoms with Crippen molar-refractivity contribution in [2.45, 2.75) is 0 Å². The number of amidine groups is 1. The van der Waals surface area contributed by atoms with Crippen molar-refractivity contribution in [3.05, 3.63) is 58.8 Å². The Morgan fingerprint density at radius 3 is 2.56 bits per heavy atom. The second-order valence-electron chi connectivity index (χ2n) is 5.04. The molecular weight excluding hydrogens is 343 g/mol. The molecule has 0 saturated carbocycles. The first-order valence-corrected chi connectivity index (χ1v) is 8.18. The van der Waals surface area contributed by atoms with Gasteiger partial charge in [-0.05, 0) is 48.2 Å². The molecule has 5 nitrogen and oxygen atoms in total. The van der Waals surface area contributed by atoms with Gasteiger partial charge in [0.25, 0.3) is 5.91 Å². The average molecular weight is 358 g/mol. The summed E-state index contributed by atoms with van der Waals surface area (Å²) >= 11 is 1.21. The molecular formula is C18H15FN2O3S. The van der Waals surface area contributed by atoms with Crippen molar-refractivity contribution in [2.24, 2.45) is 4.99 Å². The number of ether oxygens (including phenoxy) is 2. The van der Waals surface area contributed by atoms with Gasteiger partial charge in [0.05, 0.1) is 24.8 Å². The predicted molar refractivity (Wildman–Crippen MR) is 96.8 cm³/mol. The zero-order valence-corrected chi connectivity index (χ0v) is 14.4. The Hall–Kier alpha value is -2.80. The fourth-order valence-electron chi connectivity index (χ4n) is 2.28. The molecule has 3 rings (SSSR count). The van der Waals surface area contributed by atoms with Gasteiger partial charge in [-0.1, -0.05) is 12.1 Å². The first-order chi connectivity index (χ1) is 12.1. The summed E-state index contributed by atoms with van der Waals surface area (Å²) in [5.74, 6) is 0.545. The number of carbonyl (C=O) groups excluding carboxylic acids is 1. The standard InChI is InChI=1S/C18H15FN2O3S/c1-23-14-5-3-4-11(16(14)24-2)10-15-17(22)21-18(25-15)20-13-8-6-12(19)7-9-13/h3-10H,1-2H3,(H,20,21,22)/b15-10-. The number of hydrogen-bond acceptors (Lipinski definition) is 5. The first kappa shape index (κ1) is 17.0. The summed E-state index contributed by atoms with van der Waals surface area (Å²) in [4.78, 5) is 17.0. The topological polar surface area (TPSA) is 59.9 Å². The van der Waals surface area contributed by atoms with Crippen LogP contribution in [0, 0.1) is 5.82 Å². The number of nitrogens with zero attached hydrogens (tertiary/aromatic N) is 1. The van der Waals surface area contributed by atoms with Gasteiger partial charge < -0.3 is 14.8 Å². The number of halogens is 1. The van der Waals surface area contributed by atoms with Gasteiger partial charge in [-0.3, -0.25) is 4.79 Å².